The molecule has 1 aliphatic rings. The summed E-state index contributed by atoms with van der Waals surface area (Å²) in [5, 5.41) is 17.7. The maximum absolute atomic E-state index is 12.3. The third-order valence-corrected chi connectivity index (χ3v) is 4.38. The lowest BCUT2D eigenvalue weighted by molar-refractivity contribution is -0.0109. The second-order valence-electron chi connectivity index (χ2n) is 6.28. The summed E-state index contributed by atoms with van der Waals surface area (Å²) in [6.45, 7) is 6.19. The van der Waals surface area contributed by atoms with Crippen LogP contribution in [-0.2, 0) is 7.05 Å². The van der Waals surface area contributed by atoms with Crippen molar-refractivity contribution in [2.75, 3.05) is 6.54 Å². The standard InChI is InChI=1S/C15H25N3O2/c1-10-6-5-7-15(20,8-10)9-16-14(19)13-11(2)17-18(4)12(13)3/h10,20H,5-9H2,1-4H3,(H,16,19). The van der Waals surface area contributed by atoms with Gasteiger partial charge in [-0.25, -0.2) is 0 Å². The first-order valence-corrected chi connectivity index (χ1v) is 7.33. The molecule has 1 amide bonds. The summed E-state index contributed by atoms with van der Waals surface area (Å²) in [7, 11) is 1.83. The van der Waals surface area contributed by atoms with Crippen molar-refractivity contribution in [2.24, 2.45) is 13.0 Å². The van der Waals surface area contributed by atoms with Gasteiger partial charge in [-0.05, 0) is 32.6 Å². The fourth-order valence-corrected chi connectivity index (χ4v) is 3.23. The lowest BCUT2D eigenvalue weighted by atomic mass is 9.79. The van der Waals surface area contributed by atoms with Crippen molar-refractivity contribution >= 4 is 5.91 Å². The number of nitrogens with zero attached hydrogens (tertiary/aromatic N) is 2. The number of carbonyl (C=O) groups is 1. The number of amides is 1. The Labute approximate surface area is 120 Å². The highest BCUT2D eigenvalue weighted by molar-refractivity contribution is 5.96. The zero-order chi connectivity index (χ0) is 14.9. The summed E-state index contributed by atoms with van der Waals surface area (Å²) in [4.78, 5) is 12.3. The number of aromatic nitrogens is 2. The molecule has 0 saturated heterocycles. The van der Waals surface area contributed by atoms with Gasteiger partial charge in [-0.1, -0.05) is 19.8 Å². The van der Waals surface area contributed by atoms with E-state index in [9.17, 15) is 9.90 Å². The van der Waals surface area contributed by atoms with E-state index in [1.807, 2.05) is 20.9 Å². The van der Waals surface area contributed by atoms with Crippen LogP contribution in [0.25, 0.3) is 0 Å². The molecular formula is C15H25N3O2. The summed E-state index contributed by atoms with van der Waals surface area (Å²) in [5.41, 5.74) is 1.45. The van der Waals surface area contributed by atoms with Gasteiger partial charge in [0.05, 0.1) is 16.9 Å². The van der Waals surface area contributed by atoms with Crippen LogP contribution in [0.5, 0.6) is 0 Å². The minimum atomic E-state index is -0.753. The van der Waals surface area contributed by atoms with Crippen molar-refractivity contribution in [3.05, 3.63) is 17.0 Å². The molecular weight excluding hydrogens is 254 g/mol. The molecule has 5 heteroatoms. The highest BCUT2D eigenvalue weighted by Gasteiger charge is 2.33. The van der Waals surface area contributed by atoms with E-state index in [0.29, 0.717) is 18.0 Å². The predicted molar refractivity (Wildman–Crippen MR) is 77.6 cm³/mol. The van der Waals surface area contributed by atoms with Crippen molar-refractivity contribution in [3.63, 3.8) is 0 Å². The van der Waals surface area contributed by atoms with Gasteiger partial charge in [-0.3, -0.25) is 9.48 Å². The van der Waals surface area contributed by atoms with Crippen LogP contribution in [0, 0.1) is 19.8 Å². The minimum Gasteiger partial charge on any atom is -0.388 e. The Morgan fingerprint density at radius 2 is 2.25 bits per heavy atom. The van der Waals surface area contributed by atoms with Crippen LogP contribution in [0.2, 0.25) is 0 Å². The zero-order valence-electron chi connectivity index (χ0n) is 12.9. The first-order chi connectivity index (χ1) is 9.32. The van der Waals surface area contributed by atoms with Crippen LogP contribution in [-0.4, -0.2) is 32.9 Å². The number of aryl methyl sites for hydroxylation is 2. The van der Waals surface area contributed by atoms with E-state index >= 15 is 0 Å². The molecule has 5 nitrogen and oxygen atoms in total. The molecule has 1 aliphatic carbocycles. The average molecular weight is 279 g/mol. The van der Waals surface area contributed by atoms with Crippen LogP contribution in [0.1, 0.15) is 54.4 Å². The molecule has 0 bridgehead atoms. The monoisotopic (exact) mass is 279 g/mol. The topological polar surface area (TPSA) is 67.2 Å². The summed E-state index contributed by atoms with van der Waals surface area (Å²) in [5.74, 6) is 0.382. The van der Waals surface area contributed by atoms with Gasteiger partial charge in [0.1, 0.15) is 0 Å². The highest BCUT2D eigenvalue weighted by atomic mass is 16.3. The second kappa shape index (κ2) is 5.56. The van der Waals surface area contributed by atoms with Gasteiger partial charge in [0.2, 0.25) is 0 Å². The van der Waals surface area contributed by atoms with Crippen molar-refractivity contribution < 1.29 is 9.90 Å². The van der Waals surface area contributed by atoms with Gasteiger partial charge >= 0.3 is 0 Å². The summed E-state index contributed by atoms with van der Waals surface area (Å²) >= 11 is 0. The Hall–Kier alpha value is -1.36. The molecule has 20 heavy (non-hydrogen) atoms. The molecule has 1 heterocycles. The van der Waals surface area contributed by atoms with Crippen LogP contribution >= 0.6 is 0 Å². The van der Waals surface area contributed by atoms with Crippen LogP contribution in [0.3, 0.4) is 0 Å². The van der Waals surface area contributed by atoms with Crippen LogP contribution in [0.15, 0.2) is 0 Å². The number of nitrogens with one attached hydrogen (secondary N) is 1. The molecule has 1 aromatic heterocycles. The van der Waals surface area contributed by atoms with E-state index in [1.54, 1.807) is 4.68 Å². The van der Waals surface area contributed by atoms with E-state index in [4.69, 9.17) is 0 Å². The second-order valence-corrected chi connectivity index (χ2v) is 6.28. The third-order valence-electron chi connectivity index (χ3n) is 4.38. The number of carbonyl (C=O) groups excluding carboxylic acids is 1. The van der Waals surface area contributed by atoms with Crippen molar-refractivity contribution in [2.45, 2.75) is 52.1 Å². The van der Waals surface area contributed by atoms with Gasteiger partial charge in [0.25, 0.3) is 5.91 Å². The molecule has 0 radical (unpaired) electrons. The van der Waals surface area contributed by atoms with Gasteiger partial charge in [-0.15, -0.1) is 0 Å². The first kappa shape index (κ1) is 15.0. The maximum Gasteiger partial charge on any atom is 0.255 e. The largest absolute Gasteiger partial charge is 0.388 e. The van der Waals surface area contributed by atoms with Crippen molar-refractivity contribution in [1.29, 1.82) is 0 Å². The fourth-order valence-electron chi connectivity index (χ4n) is 3.23. The molecule has 2 rings (SSSR count). The molecule has 0 spiro atoms. The zero-order valence-corrected chi connectivity index (χ0v) is 12.9. The van der Waals surface area contributed by atoms with E-state index in [1.165, 1.54) is 0 Å². The Morgan fingerprint density at radius 1 is 1.55 bits per heavy atom. The molecule has 112 valence electrons. The van der Waals surface area contributed by atoms with Crippen molar-refractivity contribution in [3.8, 4) is 0 Å². The molecule has 0 aromatic carbocycles. The summed E-state index contributed by atoms with van der Waals surface area (Å²) in [6, 6.07) is 0. The number of aliphatic hydroxyl groups is 1. The maximum atomic E-state index is 12.3. The number of hydrogen-bond acceptors (Lipinski definition) is 3. The van der Waals surface area contributed by atoms with Gasteiger partial charge in [0, 0.05) is 19.3 Å². The number of rotatable bonds is 3. The lowest BCUT2D eigenvalue weighted by Crippen LogP contribution is -2.46. The van der Waals surface area contributed by atoms with Gasteiger partial charge < -0.3 is 10.4 Å². The van der Waals surface area contributed by atoms with Gasteiger partial charge in [-0.2, -0.15) is 5.10 Å². The Kier molecular flexibility index (Phi) is 4.18. The predicted octanol–water partition coefficient (Wildman–Crippen LogP) is 1.71. The third kappa shape index (κ3) is 3.03. The van der Waals surface area contributed by atoms with Crippen LogP contribution in [0.4, 0.5) is 0 Å². The number of hydrogen-bond donors (Lipinski definition) is 2. The van der Waals surface area contributed by atoms with E-state index in [0.717, 1.165) is 37.1 Å². The van der Waals surface area contributed by atoms with E-state index in [2.05, 4.69) is 17.3 Å². The Morgan fingerprint density at radius 3 is 2.80 bits per heavy atom. The molecule has 1 aromatic rings. The molecule has 1 fully saturated rings. The smallest absolute Gasteiger partial charge is 0.255 e. The molecule has 1 saturated carbocycles. The quantitative estimate of drug-likeness (QED) is 0.885. The van der Waals surface area contributed by atoms with Crippen molar-refractivity contribution in [1.82, 2.24) is 15.1 Å². The van der Waals surface area contributed by atoms with E-state index in [-0.39, 0.29) is 5.91 Å². The fraction of sp³-hybridized carbons (Fsp3) is 0.733. The molecule has 2 unspecified atom stereocenters. The minimum absolute atomic E-state index is 0.139. The SMILES string of the molecule is Cc1nn(C)c(C)c1C(=O)NCC1(O)CCCC(C)C1. The van der Waals surface area contributed by atoms with Gasteiger partial charge in [0.15, 0.2) is 0 Å². The lowest BCUT2D eigenvalue weighted by Gasteiger charge is -2.35. The molecule has 0 aliphatic heterocycles. The highest BCUT2D eigenvalue weighted by Crippen LogP contribution is 2.31. The Bertz CT molecular complexity index is 509. The molecule has 2 atom stereocenters. The normalized spacial score (nSPS) is 26.6. The summed E-state index contributed by atoms with van der Waals surface area (Å²) in [6.07, 6.45) is 3.72. The Balaban J connectivity index is 2.02. The van der Waals surface area contributed by atoms with Crippen LogP contribution < -0.4 is 5.32 Å². The average Bonchev–Trinajstić information content (AvgIpc) is 2.60. The summed E-state index contributed by atoms with van der Waals surface area (Å²) < 4.78 is 1.71. The molecule has 2 N–H and O–H groups in total. The van der Waals surface area contributed by atoms with E-state index < -0.39 is 5.60 Å². The first-order valence-electron chi connectivity index (χ1n) is 7.33.